The van der Waals surface area contributed by atoms with Gasteiger partial charge in [-0.05, 0) is 66.3 Å². The van der Waals surface area contributed by atoms with Crippen molar-refractivity contribution in [1.82, 2.24) is 10.1 Å². The maximum Gasteiger partial charge on any atom is 0.354 e. The molecule has 3 aliphatic rings. The topological polar surface area (TPSA) is 79.5 Å². The van der Waals surface area contributed by atoms with Crippen molar-refractivity contribution in [2.75, 3.05) is 18.0 Å². The highest BCUT2D eigenvalue weighted by Crippen LogP contribution is 2.54. The lowest BCUT2D eigenvalue weighted by molar-refractivity contribution is 0.0690. The fourth-order valence-electron chi connectivity index (χ4n) is 5.73. The molecule has 0 radical (unpaired) electrons. The van der Waals surface area contributed by atoms with Gasteiger partial charge in [-0.2, -0.15) is 0 Å². The van der Waals surface area contributed by atoms with E-state index in [1.165, 1.54) is 0 Å². The van der Waals surface area contributed by atoms with E-state index >= 15 is 0 Å². The van der Waals surface area contributed by atoms with Crippen molar-refractivity contribution in [2.24, 2.45) is 17.8 Å². The van der Waals surface area contributed by atoms with Crippen LogP contribution in [0.2, 0.25) is 10.0 Å². The fourth-order valence-corrected chi connectivity index (χ4v) is 6.31. The van der Waals surface area contributed by atoms with Crippen LogP contribution in [0.1, 0.15) is 40.6 Å². The maximum atomic E-state index is 11.2. The summed E-state index contributed by atoms with van der Waals surface area (Å²) in [5.74, 6) is 2.08. The highest BCUT2D eigenvalue weighted by molar-refractivity contribution is 6.39. The molecule has 0 spiro atoms. The highest BCUT2D eigenvalue weighted by atomic mass is 35.5. The van der Waals surface area contributed by atoms with Crippen LogP contribution in [0.3, 0.4) is 0 Å². The Hall–Kier alpha value is -3.35. The number of halogens is 2. The number of piperidine rings is 1. The Bertz CT molecular complexity index is 1560. The number of carboxylic acids is 1. The van der Waals surface area contributed by atoms with Crippen LogP contribution in [-0.2, 0) is 0 Å². The second-order valence-electron chi connectivity index (χ2n) is 10.3. The number of aromatic nitrogens is 2. The quantitative estimate of drug-likeness (QED) is 0.284. The van der Waals surface area contributed by atoms with Gasteiger partial charge in [-0.25, -0.2) is 9.78 Å². The number of fused-ring (bicyclic) bond motifs is 2. The largest absolute Gasteiger partial charge is 0.477 e. The van der Waals surface area contributed by atoms with Gasteiger partial charge in [-0.1, -0.05) is 52.6 Å². The van der Waals surface area contributed by atoms with Crippen LogP contribution in [0.5, 0.6) is 0 Å². The van der Waals surface area contributed by atoms with Crippen molar-refractivity contribution in [3.05, 3.63) is 81.8 Å². The third kappa shape index (κ3) is 3.99. The van der Waals surface area contributed by atoms with Gasteiger partial charge >= 0.3 is 5.97 Å². The number of hydrogen-bond donors (Lipinski definition) is 1. The number of hydrogen-bond acceptors (Lipinski definition) is 5. The number of allylic oxidation sites excluding steroid dienone is 1. The van der Waals surface area contributed by atoms with Crippen molar-refractivity contribution < 1.29 is 14.4 Å². The number of carbonyl (C=O) groups is 1. The van der Waals surface area contributed by atoms with E-state index in [9.17, 15) is 9.90 Å². The van der Waals surface area contributed by atoms with Crippen molar-refractivity contribution in [2.45, 2.75) is 18.8 Å². The Morgan fingerprint density at radius 2 is 1.81 bits per heavy atom. The number of carboxylic acid groups (broad SMARTS) is 1. The summed E-state index contributed by atoms with van der Waals surface area (Å²) in [5, 5.41) is 16.5. The van der Waals surface area contributed by atoms with Crippen molar-refractivity contribution in [1.29, 1.82) is 0 Å². The first kappa shape index (κ1) is 22.8. The lowest BCUT2D eigenvalue weighted by atomic mass is 10.0. The van der Waals surface area contributed by atoms with E-state index in [0.717, 1.165) is 65.0 Å². The smallest absolute Gasteiger partial charge is 0.354 e. The lowest BCUT2D eigenvalue weighted by Gasteiger charge is -2.22. The molecule has 0 bridgehead atoms. The first-order valence-electron chi connectivity index (χ1n) is 12.5. The minimum Gasteiger partial charge on any atom is -0.477 e. The Balaban J connectivity index is 1.09. The van der Waals surface area contributed by atoms with Gasteiger partial charge in [0.25, 0.3) is 0 Å². The van der Waals surface area contributed by atoms with E-state index < -0.39 is 5.97 Å². The number of nitrogens with zero attached hydrogens (tertiary/aromatic N) is 3. The van der Waals surface area contributed by atoms with Gasteiger partial charge in [0.1, 0.15) is 17.1 Å². The molecule has 2 aliphatic carbocycles. The third-order valence-corrected chi connectivity index (χ3v) is 8.57. The normalized spacial score (nSPS) is 22.6. The summed E-state index contributed by atoms with van der Waals surface area (Å²) in [6.45, 7) is 1.99. The number of anilines is 1. The molecule has 37 heavy (non-hydrogen) atoms. The summed E-state index contributed by atoms with van der Waals surface area (Å²) in [7, 11) is 0. The second-order valence-corrected chi connectivity index (χ2v) is 11.1. The molecular formula is C29H23Cl2N3O3. The van der Waals surface area contributed by atoms with Crippen LogP contribution < -0.4 is 4.90 Å². The summed E-state index contributed by atoms with van der Waals surface area (Å²) in [4.78, 5) is 17.7. The van der Waals surface area contributed by atoms with E-state index in [-0.39, 0.29) is 5.69 Å². The SMILES string of the molecule is O=C(O)c1cc2ccc(N3CC4C(C=Cc5c(-c6c(Cl)cccc6Cl)noc5C5CC5)C4C3)cc2cn1. The monoisotopic (exact) mass is 531 g/mol. The van der Waals surface area contributed by atoms with Gasteiger partial charge in [-0.15, -0.1) is 0 Å². The molecule has 1 N–H and O–H groups in total. The minimum absolute atomic E-state index is 0.0647. The zero-order chi connectivity index (χ0) is 25.3. The molecule has 3 heterocycles. The molecule has 6 nitrogen and oxygen atoms in total. The van der Waals surface area contributed by atoms with E-state index in [1.807, 2.05) is 24.3 Å². The first-order chi connectivity index (χ1) is 18.0. The Kier molecular flexibility index (Phi) is 5.31. The molecule has 2 aromatic carbocycles. The Labute approximate surface area is 223 Å². The van der Waals surface area contributed by atoms with Crippen LogP contribution in [-0.4, -0.2) is 34.3 Å². The van der Waals surface area contributed by atoms with E-state index in [2.05, 4.69) is 39.3 Å². The molecule has 186 valence electrons. The van der Waals surface area contributed by atoms with Crippen molar-refractivity contribution >= 4 is 51.7 Å². The van der Waals surface area contributed by atoms with Crippen LogP contribution in [0.25, 0.3) is 28.1 Å². The predicted octanol–water partition coefficient (Wildman–Crippen LogP) is 7.17. The molecule has 1 saturated heterocycles. The van der Waals surface area contributed by atoms with Gasteiger partial charge in [0.15, 0.2) is 0 Å². The van der Waals surface area contributed by atoms with Gasteiger partial charge in [-0.3, -0.25) is 0 Å². The summed E-state index contributed by atoms with van der Waals surface area (Å²) >= 11 is 13.0. The van der Waals surface area contributed by atoms with E-state index in [0.29, 0.717) is 33.7 Å². The number of aromatic carboxylic acids is 1. The van der Waals surface area contributed by atoms with Gasteiger partial charge in [0.2, 0.25) is 0 Å². The average Bonchev–Trinajstić information content (AvgIpc) is 3.75. The third-order valence-electron chi connectivity index (χ3n) is 7.94. The van der Waals surface area contributed by atoms with Gasteiger partial charge < -0.3 is 14.5 Å². The van der Waals surface area contributed by atoms with E-state index in [4.69, 9.17) is 27.7 Å². The average molecular weight is 532 g/mol. The zero-order valence-corrected chi connectivity index (χ0v) is 21.3. The molecule has 8 heteroatoms. The molecule has 2 saturated carbocycles. The van der Waals surface area contributed by atoms with Crippen LogP contribution in [0.4, 0.5) is 5.69 Å². The maximum absolute atomic E-state index is 11.2. The highest BCUT2D eigenvalue weighted by Gasteiger charge is 2.54. The summed E-state index contributed by atoms with van der Waals surface area (Å²) < 4.78 is 5.80. The predicted molar refractivity (Wildman–Crippen MR) is 144 cm³/mol. The number of benzene rings is 2. The van der Waals surface area contributed by atoms with Gasteiger partial charge in [0, 0.05) is 47.4 Å². The zero-order valence-electron chi connectivity index (χ0n) is 19.8. The Morgan fingerprint density at radius 3 is 2.51 bits per heavy atom. The standard InChI is InChI=1S/C29H23Cl2N3O3/c30-23-2-1-3-24(31)26(23)27-20(28(37-33-27)15-4-5-15)9-8-19-21-13-34(14-22(19)21)18-7-6-16-11-25(29(35)36)32-12-17(16)10-18/h1-3,6-12,15,19,21-22H,4-5,13-14H2,(H,35,36). The molecule has 2 unspecified atom stereocenters. The van der Waals surface area contributed by atoms with E-state index in [1.54, 1.807) is 12.3 Å². The minimum atomic E-state index is -1.01. The van der Waals surface area contributed by atoms with Gasteiger partial charge in [0.05, 0.1) is 10.0 Å². The Morgan fingerprint density at radius 1 is 1.05 bits per heavy atom. The molecule has 2 aromatic heterocycles. The van der Waals surface area contributed by atoms with Crippen LogP contribution in [0.15, 0.2) is 59.3 Å². The first-order valence-corrected chi connectivity index (χ1v) is 13.2. The molecule has 2 atom stereocenters. The molecule has 7 rings (SSSR count). The summed E-state index contributed by atoms with van der Waals surface area (Å²) in [5.41, 5.74) is 3.66. The summed E-state index contributed by atoms with van der Waals surface area (Å²) in [6, 6.07) is 13.3. The molecule has 1 aliphatic heterocycles. The fraction of sp³-hybridized carbons (Fsp3) is 0.276. The number of pyridine rings is 1. The molecule has 3 fully saturated rings. The van der Waals surface area contributed by atoms with Crippen LogP contribution in [0, 0.1) is 17.8 Å². The van der Waals surface area contributed by atoms with Crippen molar-refractivity contribution in [3.8, 4) is 11.3 Å². The second kappa shape index (κ2) is 8.61. The van der Waals surface area contributed by atoms with Crippen molar-refractivity contribution in [3.63, 3.8) is 0 Å². The summed E-state index contributed by atoms with van der Waals surface area (Å²) in [6.07, 6.45) is 8.37. The van der Waals surface area contributed by atoms with Crippen LogP contribution >= 0.6 is 23.2 Å². The number of rotatable bonds is 6. The molecule has 0 amide bonds. The molecular weight excluding hydrogens is 509 g/mol. The lowest BCUT2D eigenvalue weighted by Crippen LogP contribution is -2.23. The molecule has 4 aromatic rings.